The summed E-state index contributed by atoms with van der Waals surface area (Å²) < 4.78 is 0. The maximum absolute atomic E-state index is 11.9. The van der Waals surface area contributed by atoms with Crippen LogP contribution in [0.5, 0.6) is 0 Å². The van der Waals surface area contributed by atoms with Gasteiger partial charge in [0.25, 0.3) is 5.69 Å². The molecule has 0 aliphatic rings. The molecule has 1 amide bonds. The lowest BCUT2D eigenvalue weighted by molar-refractivity contribution is -0.385. The molecule has 0 aliphatic heterocycles. The fraction of sp³-hybridized carbons (Fsp3) is 0.533. The summed E-state index contributed by atoms with van der Waals surface area (Å²) in [5.41, 5.74) is 6.20. The molecule has 0 saturated carbocycles. The second kappa shape index (κ2) is 8.36. The molecule has 0 aromatic heterocycles. The van der Waals surface area contributed by atoms with Gasteiger partial charge in [0, 0.05) is 24.6 Å². The molecule has 0 spiro atoms. The Labute approximate surface area is 124 Å². The van der Waals surface area contributed by atoms with Crippen LogP contribution >= 0.6 is 0 Å². The minimum absolute atomic E-state index is 0.0235. The van der Waals surface area contributed by atoms with E-state index in [0.29, 0.717) is 24.4 Å². The fourth-order valence-corrected chi connectivity index (χ4v) is 2.30. The zero-order valence-corrected chi connectivity index (χ0v) is 12.5. The summed E-state index contributed by atoms with van der Waals surface area (Å²) in [5, 5.41) is 13.6. The monoisotopic (exact) mass is 293 g/mol. The Morgan fingerprint density at radius 3 is 2.62 bits per heavy atom. The third kappa shape index (κ3) is 5.91. The molecule has 0 heterocycles. The molecule has 1 aromatic carbocycles. The molecule has 6 nitrogen and oxygen atoms in total. The Morgan fingerprint density at radius 1 is 1.38 bits per heavy atom. The van der Waals surface area contributed by atoms with Crippen LogP contribution in [0.3, 0.4) is 0 Å². The number of hydrogen-bond donors (Lipinski definition) is 2. The third-order valence-electron chi connectivity index (χ3n) is 3.28. The number of nitro benzene ring substituents is 1. The minimum Gasteiger partial charge on any atom is -0.352 e. The summed E-state index contributed by atoms with van der Waals surface area (Å²) in [4.78, 5) is 22.4. The number of rotatable bonds is 8. The number of nitrogens with zero attached hydrogens (tertiary/aromatic N) is 1. The SMILES string of the molecule is CC(C)C[C@H](CN)CC(=O)NCc1ccccc1[N+](=O)[O-]. The molecule has 21 heavy (non-hydrogen) atoms. The zero-order chi connectivity index (χ0) is 15.8. The number of nitro groups is 1. The third-order valence-corrected chi connectivity index (χ3v) is 3.28. The Hall–Kier alpha value is -1.95. The van der Waals surface area contributed by atoms with Crippen molar-refractivity contribution in [1.29, 1.82) is 0 Å². The Bertz CT molecular complexity index is 489. The highest BCUT2D eigenvalue weighted by Crippen LogP contribution is 2.18. The van der Waals surface area contributed by atoms with Crippen LogP contribution in [0.1, 0.15) is 32.3 Å². The van der Waals surface area contributed by atoms with Crippen molar-refractivity contribution >= 4 is 11.6 Å². The van der Waals surface area contributed by atoms with E-state index < -0.39 is 4.92 Å². The van der Waals surface area contributed by atoms with Gasteiger partial charge >= 0.3 is 0 Å². The van der Waals surface area contributed by atoms with Gasteiger partial charge in [0.15, 0.2) is 0 Å². The highest BCUT2D eigenvalue weighted by Gasteiger charge is 2.16. The van der Waals surface area contributed by atoms with Crippen LogP contribution in [0.2, 0.25) is 0 Å². The van der Waals surface area contributed by atoms with E-state index in [2.05, 4.69) is 19.2 Å². The first-order valence-corrected chi connectivity index (χ1v) is 7.13. The van der Waals surface area contributed by atoms with E-state index in [1.807, 2.05) is 0 Å². The predicted octanol–water partition coefficient (Wildman–Crippen LogP) is 2.22. The summed E-state index contributed by atoms with van der Waals surface area (Å²) in [7, 11) is 0. The number of carbonyl (C=O) groups excluding carboxylic acids is 1. The molecule has 0 aliphatic carbocycles. The largest absolute Gasteiger partial charge is 0.352 e. The van der Waals surface area contributed by atoms with E-state index in [0.717, 1.165) is 6.42 Å². The number of para-hydroxylation sites is 1. The number of amides is 1. The Balaban J connectivity index is 2.55. The molecule has 1 atom stereocenters. The summed E-state index contributed by atoms with van der Waals surface area (Å²) in [6, 6.07) is 6.41. The first kappa shape index (κ1) is 17.1. The van der Waals surface area contributed by atoms with E-state index in [1.54, 1.807) is 18.2 Å². The lowest BCUT2D eigenvalue weighted by Gasteiger charge is -2.16. The van der Waals surface area contributed by atoms with Crippen LogP contribution in [0.25, 0.3) is 0 Å². The first-order chi connectivity index (χ1) is 9.93. The van der Waals surface area contributed by atoms with Crippen molar-refractivity contribution in [2.75, 3.05) is 6.54 Å². The van der Waals surface area contributed by atoms with E-state index in [9.17, 15) is 14.9 Å². The van der Waals surface area contributed by atoms with Gasteiger partial charge in [-0.25, -0.2) is 0 Å². The van der Waals surface area contributed by atoms with E-state index >= 15 is 0 Å². The van der Waals surface area contributed by atoms with Crippen LogP contribution in [0, 0.1) is 22.0 Å². The lowest BCUT2D eigenvalue weighted by Crippen LogP contribution is -2.28. The molecular formula is C15H23N3O3. The van der Waals surface area contributed by atoms with Crippen LogP contribution in [0.15, 0.2) is 24.3 Å². The lowest BCUT2D eigenvalue weighted by atomic mass is 9.94. The Morgan fingerprint density at radius 2 is 2.05 bits per heavy atom. The summed E-state index contributed by atoms with van der Waals surface area (Å²) >= 11 is 0. The van der Waals surface area contributed by atoms with Crippen molar-refractivity contribution in [1.82, 2.24) is 5.32 Å². The van der Waals surface area contributed by atoms with Crippen molar-refractivity contribution in [3.8, 4) is 0 Å². The summed E-state index contributed by atoms with van der Waals surface area (Å²) in [6.07, 6.45) is 1.25. The molecule has 116 valence electrons. The quantitative estimate of drug-likeness (QED) is 0.567. The number of nitrogens with two attached hydrogens (primary N) is 1. The number of nitrogens with one attached hydrogen (secondary N) is 1. The van der Waals surface area contributed by atoms with Crippen molar-refractivity contribution < 1.29 is 9.72 Å². The van der Waals surface area contributed by atoms with Gasteiger partial charge in [0.05, 0.1) is 4.92 Å². The molecular weight excluding hydrogens is 270 g/mol. The normalized spacial score (nSPS) is 12.2. The average molecular weight is 293 g/mol. The zero-order valence-electron chi connectivity index (χ0n) is 12.5. The van der Waals surface area contributed by atoms with Gasteiger partial charge in [0.2, 0.25) is 5.91 Å². The maximum atomic E-state index is 11.9. The summed E-state index contributed by atoms with van der Waals surface area (Å²) in [5.74, 6) is 0.515. The van der Waals surface area contributed by atoms with E-state index in [4.69, 9.17) is 5.73 Å². The topological polar surface area (TPSA) is 98.3 Å². The van der Waals surface area contributed by atoms with Gasteiger partial charge in [-0.05, 0) is 24.8 Å². The van der Waals surface area contributed by atoms with Crippen LogP contribution in [0.4, 0.5) is 5.69 Å². The Kier molecular flexibility index (Phi) is 6.81. The van der Waals surface area contributed by atoms with Crippen molar-refractivity contribution in [2.45, 2.75) is 33.2 Å². The van der Waals surface area contributed by atoms with Gasteiger partial charge in [-0.3, -0.25) is 14.9 Å². The van der Waals surface area contributed by atoms with Gasteiger partial charge in [-0.2, -0.15) is 0 Å². The predicted molar refractivity (Wildman–Crippen MR) is 81.6 cm³/mol. The van der Waals surface area contributed by atoms with Crippen LogP contribution in [-0.4, -0.2) is 17.4 Å². The van der Waals surface area contributed by atoms with Gasteiger partial charge in [-0.1, -0.05) is 32.0 Å². The molecule has 1 rings (SSSR count). The fourth-order valence-electron chi connectivity index (χ4n) is 2.30. The molecule has 0 fully saturated rings. The maximum Gasteiger partial charge on any atom is 0.274 e. The highest BCUT2D eigenvalue weighted by molar-refractivity contribution is 5.76. The molecule has 3 N–H and O–H groups in total. The molecule has 1 aromatic rings. The van der Waals surface area contributed by atoms with Crippen molar-refractivity contribution in [3.63, 3.8) is 0 Å². The number of carbonyl (C=O) groups is 1. The van der Waals surface area contributed by atoms with E-state index in [-0.39, 0.29) is 24.1 Å². The van der Waals surface area contributed by atoms with Gasteiger partial charge in [-0.15, -0.1) is 0 Å². The molecule has 6 heteroatoms. The molecule has 0 radical (unpaired) electrons. The second-order valence-corrected chi connectivity index (χ2v) is 5.60. The first-order valence-electron chi connectivity index (χ1n) is 7.13. The molecule has 0 saturated heterocycles. The van der Waals surface area contributed by atoms with Crippen molar-refractivity contribution in [3.05, 3.63) is 39.9 Å². The standard InChI is InChI=1S/C15H23N3O3/c1-11(2)7-12(9-16)8-15(19)17-10-13-5-3-4-6-14(13)18(20)21/h3-6,11-12H,7-10,16H2,1-2H3,(H,17,19)/t12-/m0/s1. The number of hydrogen-bond acceptors (Lipinski definition) is 4. The molecule has 0 bridgehead atoms. The number of benzene rings is 1. The summed E-state index contributed by atoms with van der Waals surface area (Å²) in [6.45, 7) is 4.81. The van der Waals surface area contributed by atoms with Crippen molar-refractivity contribution in [2.24, 2.45) is 17.6 Å². The average Bonchev–Trinajstić information content (AvgIpc) is 2.44. The highest BCUT2D eigenvalue weighted by atomic mass is 16.6. The van der Waals surface area contributed by atoms with E-state index in [1.165, 1.54) is 6.07 Å². The minimum atomic E-state index is -0.442. The smallest absolute Gasteiger partial charge is 0.274 e. The van der Waals surface area contributed by atoms with Crippen LogP contribution < -0.4 is 11.1 Å². The second-order valence-electron chi connectivity index (χ2n) is 5.60. The van der Waals surface area contributed by atoms with Gasteiger partial charge in [0.1, 0.15) is 0 Å². The van der Waals surface area contributed by atoms with Crippen LogP contribution in [-0.2, 0) is 11.3 Å². The molecule has 0 unspecified atom stereocenters. The van der Waals surface area contributed by atoms with Gasteiger partial charge < -0.3 is 11.1 Å².